The maximum atomic E-state index is 12.9. The van der Waals surface area contributed by atoms with Crippen LogP contribution in [0.15, 0.2) is 59.5 Å². The molecule has 1 aromatic heterocycles. The van der Waals surface area contributed by atoms with Gasteiger partial charge in [0.25, 0.3) is 5.56 Å². The van der Waals surface area contributed by atoms with Crippen LogP contribution in [0.5, 0.6) is 5.75 Å². The van der Waals surface area contributed by atoms with E-state index in [-0.39, 0.29) is 29.7 Å². The van der Waals surface area contributed by atoms with E-state index in [4.69, 9.17) is 0 Å². The molecule has 0 aliphatic carbocycles. The van der Waals surface area contributed by atoms with Gasteiger partial charge >= 0.3 is 6.03 Å². The molecule has 2 amide bonds. The Hall–Kier alpha value is -3.88. The lowest BCUT2D eigenvalue weighted by atomic mass is 10.2. The van der Waals surface area contributed by atoms with Crippen molar-refractivity contribution < 1.29 is 14.3 Å². The van der Waals surface area contributed by atoms with Gasteiger partial charge in [0.15, 0.2) is 0 Å². The van der Waals surface area contributed by atoms with Gasteiger partial charge in [-0.3, -0.25) is 9.78 Å². The highest BCUT2D eigenvalue weighted by atomic mass is 19.1. The maximum absolute atomic E-state index is 12.9. The van der Waals surface area contributed by atoms with Gasteiger partial charge in [-0.15, -0.1) is 0 Å². The van der Waals surface area contributed by atoms with E-state index in [0.717, 1.165) is 5.56 Å². The van der Waals surface area contributed by atoms with Crippen molar-refractivity contribution in [1.29, 1.82) is 0 Å². The fourth-order valence-electron chi connectivity index (χ4n) is 2.18. The molecule has 9 heteroatoms. The van der Waals surface area contributed by atoms with Crippen LogP contribution >= 0.6 is 0 Å². The lowest BCUT2D eigenvalue weighted by Crippen LogP contribution is -2.31. The largest absolute Gasteiger partial charge is 0.508 e. The van der Waals surface area contributed by atoms with Crippen LogP contribution in [0, 0.1) is 5.82 Å². The Labute approximate surface area is 153 Å². The number of carbonyl (C=O) groups excluding carboxylic acids is 1. The third-order valence-electron chi connectivity index (χ3n) is 3.54. The van der Waals surface area contributed by atoms with E-state index in [2.05, 4.69) is 25.9 Å². The Kier molecular flexibility index (Phi) is 5.31. The van der Waals surface area contributed by atoms with Gasteiger partial charge in [0, 0.05) is 12.2 Å². The smallest absolute Gasteiger partial charge is 0.319 e. The number of nitrogens with one attached hydrogen (secondary N) is 4. The van der Waals surface area contributed by atoms with E-state index in [9.17, 15) is 19.1 Å². The molecule has 8 nitrogen and oxygen atoms in total. The van der Waals surface area contributed by atoms with Gasteiger partial charge in [0.2, 0.25) is 5.95 Å². The number of aromatic amines is 1. The Balaban J connectivity index is 1.58. The van der Waals surface area contributed by atoms with Crippen LogP contribution in [0.4, 0.5) is 26.5 Å². The van der Waals surface area contributed by atoms with Gasteiger partial charge in [-0.25, -0.2) is 14.2 Å². The normalized spacial score (nSPS) is 10.3. The molecule has 3 aromatic rings. The molecule has 0 bridgehead atoms. The average Bonchev–Trinajstić information content (AvgIpc) is 2.65. The van der Waals surface area contributed by atoms with Crippen LogP contribution in [0.3, 0.4) is 0 Å². The average molecular weight is 369 g/mol. The van der Waals surface area contributed by atoms with Crippen LogP contribution < -0.4 is 21.5 Å². The summed E-state index contributed by atoms with van der Waals surface area (Å²) in [7, 11) is 0. The van der Waals surface area contributed by atoms with Gasteiger partial charge in [-0.2, -0.15) is 0 Å². The first-order valence-corrected chi connectivity index (χ1v) is 7.94. The first-order chi connectivity index (χ1) is 13.0. The number of carbonyl (C=O) groups is 1. The number of urea groups is 1. The molecule has 0 unspecified atom stereocenters. The minimum absolute atomic E-state index is 0.0251. The van der Waals surface area contributed by atoms with Gasteiger partial charge in [-0.1, -0.05) is 12.1 Å². The molecule has 138 valence electrons. The highest BCUT2D eigenvalue weighted by Gasteiger charge is 2.07. The molecule has 5 N–H and O–H groups in total. The zero-order valence-corrected chi connectivity index (χ0v) is 14.0. The summed E-state index contributed by atoms with van der Waals surface area (Å²) in [6.45, 7) is 0.224. The molecule has 27 heavy (non-hydrogen) atoms. The van der Waals surface area contributed by atoms with E-state index >= 15 is 0 Å². The van der Waals surface area contributed by atoms with E-state index in [1.54, 1.807) is 12.1 Å². The predicted molar refractivity (Wildman–Crippen MR) is 98.5 cm³/mol. The molecule has 0 fully saturated rings. The second-order valence-electron chi connectivity index (χ2n) is 5.58. The summed E-state index contributed by atoms with van der Waals surface area (Å²) in [4.78, 5) is 30.5. The molecule has 0 radical (unpaired) electrons. The lowest BCUT2D eigenvalue weighted by molar-refractivity contribution is 0.251. The molecule has 0 saturated carbocycles. The fourth-order valence-corrected chi connectivity index (χ4v) is 2.18. The van der Waals surface area contributed by atoms with Crippen LogP contribution in [-0.2, 0) is 6.54 Å². The second-order valence-corrected chi connectivity index (χ2v) is 5.58. The molecular formula is C18H16FN5O3. The quantitative estimate of drug-likeness (QED) is 0.474. The van der Waals surface area contributed by atoms with Crippen molar-refractivity contribution in [1.82, 2.24) is 15.3 Å². The zero-order chi connectivity index (χ0) is 19.2. The number of anilines is 3. The molecule has 0 atom stereocenters. The number of hydrogen-bond donors (Lipinski definition) is 5. The third-order valence-corrected chi connectivity index (χ3v) is 3.54. The Morgan fingerprint density at radius 3 is 2.48 bits per heavy atom. The number of benzene rings is 2. The maximum Gasteiger partial charge on any atom is 0.319 e. The van der Waals surface area contributed by atoms with Crippen LogP contribution in [0.2, 0.25) is 0 Å². The molecular weight excluding hydrogens is 353 g/mol. The highest BCUT2D eigenvalue weighted by Crippen LogP contribution is 2.13. The second kappa shape index (κ2) is 8.00. The monoisotopic (exact) mass is 369 g/mol. The predicted octanol–water partition coefficient (Wildman–Crippen LogP) is 2.68. The molecule has 0 spiro atoms. The van der Waals surface area contributed by atoms with Crippen molar-refractivity contribution >= 4 is 23.4 Å². The topological polar surface area (TPSA) is 119 Å². The minimum Gasteiger partial charge on any atom is -0.508 e. The van der Waals surface area contributed by atoms with E-state index in [0.29, 0.717) is 5.69 Å². The summed E-state index contributed by atoms with van der Waals surface area (Å²) >= 11 is 0. The number of phenols is 1. The molecule has 2 aromatic carbocycles. The molecule has 0 saturated heterocycles. The first kappa shape index (κ1) is 17.9. The minimum atomic E-state index is -0.574. The van der Waals surface area contributed by atoms with Gasteiger partial charge < -0.3 is 21.1 Å². The molecule has 0 aliphatic rings. The number of H-pyrrole nitrogens is 1. The molecule has 1 heterocycles. The van der Waals surface area contributed by atoms with Crippen molar-refractivity contribution in [3.8, 4) is 5.75 Å². The summed E-state index contributed by atoms with van der Waals surface area (Å²) < 4.78 is 12.9. The first-order valence-electron chi connectivity index (χ1n) is 7.94. The number of halogens is 1. The lowest BCUT2D eigenvalue weighted by Gasteiger charge is -2.09. The van der Waals surface area contributed by atoms with Crippen molar-refractivity contribution in [3.05, 3.63) is 76.5 Å². The Morgan fingerprint density at radius 2 is 1.81 bits per heavy atom. The van der Waals surface area contributed by atoms with Crippen LogP contribution in [0.25, 0.3) is 0 Å². The SMILES string of the molecule is O=C(NCc1ccc(O)cc1)Nc1cnc(Nc2ccc(F)cc2)[nH]c1=O. The summed E-state index contributed by atoms with van der Waals surface area (Å²) in [5.74, 6) is -0.0864. The summed E-state index contributed by atoms with van der Waals surface area (Å²) in [5.41, 5.74) is 0.762. The summed E-state index contributed by atoms with van der Waals surface area (Å²) in [5, 5.41) is 17.0. The van der Waals surface area contributed by atoms with Crippen molar-refractivity contribution in [2.24, 2.45) is 0 Å². The summed E-state index contributed by atoms with van der Waals surface area (Å²) in [6.07, 6.45) is 1.21. The fraction of sp³-hybridized carbons (Fsp3) is 0.0556. The number of rotatable bonds is 5. The van der Waals surface area contributed by atoms with Crippen molar-refractivity contribution in [3.63, 3.8) is 0 Å². The third kappa shape index (κ3) is 5.05. The van der Waals surface area contributed by atoms with Crippen LogP contribution in [-0.4, -0.2) is 21.1 Å². The number of aromatic nitrogens is 2. The van der Waals surface area contributed by atoms with Crippen LogP contribution in [0.1, 0.15) is 5.56 Å². The van der Waals surface area contributed by atoms with Crippen molar-refractivity contribution in [2.75, 3.05) is 10.6 Å². The number of nitrogens with zero attached hydrogens (tertiary/aromatic N) is 1. The van der Waals surface area contributed by atoms with Gasteiger partial charge in [-0.05, 0) is 42.0 Å². The van der Waals surface area contributed by atoms with Gasteiger partial charge in [0.05, 0.1) is 6.20 Å². The standard InChI is InChI=1S/C18H16FN5O3/c19-12-3-5-13(6-4-12)22-17-20-10-15(16(26)24-17)23-18(27)21-9-11-1-7-14(25)8-2-11/h1-8,10,25H,9H2,(H2,21,23,27)(H2,20,22,24,26). The Bertz CT molecular complexity index is 987. The number of phenolic OH excluding ortho intramolecular Hbond substituents is 1. The van der Waals surface area contributed by atoms with E-state index < -0.39 is 11.6 Å². The van der Waals surface area contributed by atoms with E-state index in [1.165, 1.54) is 42.6 Å². The van der Waals surface area contributed by atoms with Crippen molar-refractivity contribution in [2.45, 2.75) is 6.54 Å². The zero-order valence-electron chi connectivity index (χ0n) is 14.0. The number of aromatic hydroxyl groups is 1. The number of hydrogen-bond acceptors (Lipinski definition) is 5. The molecule has 3 rings (SSSR count). The van der Waals surface area contributed by atoms with E-state index in [1.807, 2.05) is 0 Å². The van der Waals surface area contributed by atoms with Gasteiger partial charge in [0.1, 0.15) is 17.3 Å². The summed E-state index contributed by atoms with van der Waals surface area (Å²) in [6, 6.07) is 11.3. The Morgan fingerprint density at radius 1 is 1.11 bits per heavy atom. The number of amides is 2. The highest BCUT2D eigenvalue weighted by molar-refractivity contribution is 5.88. The molecule has 0 aliphatic heterocycles.